The molecule has 0 saturated carbocycles. The normalized spacial score (nSPS) is 12.2. The van der Waals surface area contributed by atoms with Crippen LogP contribution in [0, 0.1) is 6.92 Å². The van der Waals surface area contributed by atoms with Crippen molar-refractivity contribution >= 4 is 38.9 Å². The van der Waals surface area contributed by atoms with Crippen molar-refractivity contribution in [2.24, 2.45) is 0 Å². The number of halogens is 1. The summed E-state index contributed by atoms with van der Waals surface area (Å²) in [6.07, 6.45) is 0.832. The zero-order chi connectivity index (χ0) is 14.7. The fourth-order valence-electron chi connectivity index (χ4n) is 1.97. The van der Waals surface area contributed by atoms with E-state index in [0.29, 0.717) is 11.3 Å². The van der Waals surface area contributed by atoms with Gasteiger partial charge in [-0.3, -0.25) is 4.79 Å². The quantitative estimate of drug-likeness (QED) is 0.823. The maximum Gasteiger partial charge on any atom is 0.253 e. The highest BCUT2D eigenvalue weighted by Crippen LogP contribution is 2.19. The van der Waals surface area contributed by atoms with E-state index in [9.17, 15) is 4.79 Å². The first-order valence-electron chi connectivity index (χ1n) is 6.37. The number of aryl methyl sites for hydroxylation is 1. The minimum Gasteiger partial charge on any atom is -0.398 e. The predicted octanol–water partition coefficient (Wildman–Crippen LogP) is 3.76. The Labute approximate surface area is 131 Å². The number of anilines is 1. The van der Waals surface area contributed by atoms with Gasteiger partial charge in [-0.2, -0.15) is 0 Å². The number of carbonyl (C=O) groups excluding carboxylic acids is 1. The van der Waals surface area contributed by atoms with Gasteiger partial charge in [-0.25, -0.2) is 0 Å². The number of carbonyl (C=O) groups is 1. The van der Waals surface area contributed by atoms with Gasteiger partial charge in [-0.1, -0.05) is 15.9 Å². The third-order valence-electron chi connectivity index (χ3n) is 2.94. The SMILES string of the molecule is Cc1ccc(CC(C)NC(=O)c2cc(Br)ccc2N)s1. The van der Waals surface area contributed by atoms with Gasteiger partial charge in [0.05, 0.1) is 5.56 Å². The molecule has 0 saturated heterocycles. The molecule has 2 rings (SSSR count). The van der Waals surface area contributed by atoms with Gasteiger partial charge < -0.3 is 11.1 Å². The highest BCUT2D eigenvalue weighted by Gasteiger charge is 2.14. The molecule has 0 bridgehead atoms. The van der Waals surface area contributed by atoms with Crippen LogP contribution in [0.2, 0.25) is 0 Å². The van der Waals surface area contributed by atoms with Crippen LogP contribution in [-0.2, 0) is 6.42 Å². The van der Waals surface area contributed by atoms with Crippen LogP contribution in [0.1, 0.15) is 27.0 Å². The molecule has 0 radical (unpaired) electrons. The van der Waals surface area contributed by atoms with Crippen LogP contribution >= 0.6 is 27.3 Å². The summed E-state index contributed by atoms with van der Waals surface area (Å²) in [5.41, 5.74) is 6.84. The molecule has 3 N–H and O–H groups in total. The first-order valence-corrected chi connectivity index (χ1v) is 7.98. The molecule has 0 fully saturated rings. The summed E-state index contributed by atoms with van der Waals surface area (Å²) >= 11 is 5.11. The van der Waals surface area contributed by atoms with E-state index in [1.165, 1.54) is 9.75 Å². The standard InChI is InChI=1S/C15H17BrN2OS/c1-9(7-12-5-3-10(2)20-12)18-15(19)13-8-11(16)4-6-14(13)17/h3-6,8-9H,7,17H2,1-2H3,(H,18,19). The molecule has 1 atom stereocenters. The average Bonchev–Trinajstić information content (AvgIpc) is 2.77. The van der Waals surface area contributed by atoms with E-state index >= 15 is 0 Å². The van der Waals surface area contributed by atoms with E-state index < -0.39 is 0 Å². The largest absolute Gasteiger partial charge is 0.398 e. The molecular formula is C15H17BrN2OS. The summed E-state index contributed by atoms with van der Waals surface area (Å²) in [4.78, 5) is 14.8. The van der Waals surface area contributed by atoms with Gasteiger partial charge in [0.25, 0.3) is 5.91 Å². The Balaban J connectivity index is 2.02. The number of nitrogens with two attached hydrogens (primary N) is 1. The summed E-state index contributed by atoms with van der Waals surface area (Å²) in [5, 5.41) is 2.99. The number of hydrogen-bond acceptors (Lipinski definition) is 3. The monoisotopic (exact) mass is 352 g/mol. The molecule has 2 aromatic rings. The molecule has 3 nitrogen and oxygen atoms in total. The van der Waals surface area contributed by atoms with E-state index in [1.807, 2.05) is 13.0 Å². The van der Waals surface area contributed by atoms with E-state index in [4.69, 9.17) is 5.73 Å². The molecule has 1 unspecified atom stereocenters. The van der Waals surface area contributed by atoms with E-state index in [-0.39, 0.29) is 11.9 Å². The summed E-state index contributed by atoms with van der Waals surface area (Å²) in [6, 6.07) is 9.57. The van der Waals surface area contributed by atoms with Crippen molar-refractivity contribution in [3.05, 3.63) is 50.1 Å². The van der Waals surface area contributed by atoms with Gasteiger partial charge in [0, 0.05) is 32.4 Å². The number of thiophene rings is 1. The van der Waals surface area contributed by atoms with E-state index in [2.05, 4.69) is 40.3 Å². The molecule has 5 heteroatoms. The van der Waals surface area contributed by atoms with Crippen molar-refractivity contribution in [3.8, 4) is 0 Å². The number of nitrogen functional groups attached to an aromatic ring is 1. The predicted molar refractivity (Wildman–Crippen MR) is 88.2 cm³/mol. The second kappa shape index (κ2) is 6.41. The van der Waals surface area contributed by atoms with Crippen molar-refractivity contribution in [1.29, 1.82) is 0 Å². The first-order chi connectivity index (χ1) is 9.45. The van der Waals surface area contributed by atoms with Gasteiger partial charge in [0.15, 0.2) is 0 Å². The van der Waals surface area contributed by atoms with Crippen LogP contribution in [0.4, 0.5) is 5.69 Å². The molecule has 0 aliphatic rings. The van der Waals surface area contributed by atoms with Crippen molar-refractivity contribution < 1.29 is 4.79 Å². The molecule has 20 heavy (non-hydrogen) atoms. The maximum absolute atomic E-state index is 12.2. The topological polar surface area (TPSA) is 55.1 Å². The van der Waals surface area contributed by atoms with E-state index in [0.717, 1.165) is 10.9 Å². The fourth-order valence-corrected chi connectivity index (χ4v) is 3.35. The summed E-state index contributed by atoms with van der Waals surface area (Å²) in [5.74, 6) is -0.135. The summed E-state index contributed by atoms with van der Waals surface area (Å²) in [7, 11) is 0. The lowest BCUT2D eigenvalue weighted by Gasteiger charge is -2.14. The molecule has 0 spiro atoms. The zero-order valence-electron chi connectivity index (χ0n) is 11.4. The molecule has 1 heterocycles. The Hall–Kier alpha value is -1.33. The Morgan fingerprint density at radius 2 is 2.15 bits per heavy atom. The van der Waals surface area contributed by atoms with E-state index in [1.54, 1.807) is 23.5 Å². The van der Waals surface area contributed by atoms with Crippen molar-refractivity contribution in [3.63, 3.8) is 0 Å². The van der Waals surface area contributed by atoms with Crippen molar-refractivity contribution in [1.82, 2.24) is 5.32 Å². The Morgan fingerprint density at radius 1 is 1.40 bits per heavy atom. The molecule has 0 aliphatic carbocycles. The Bertz CT molecular complexity index is 624. The smallest absolute Gasteiger partial charge is 0.253 e. The minimum absolute atomic E-state index is 0.0685. The lowest BCUT2D eigenvalue weighted by molar-refractivity contribution is 0.0941. The highest BCUT2D eigenvalue weighted by atomic mass is 79.9. The molecule has 1 amide bonds. The van der Waals surface area contributed by atoms with Gasteiger partial charge >= 0.3 is 0 Å². The second-order valence-electron chi connectivity index (χ2n) is 4.82. The number of hydrogen-bond donors (Lipinski definition) is 2. The van der Waals surface area contributed by atoms with Crippen molar-refractivity contribution in [2.45, 2.75) is 26.3 Å². The summed E-state index contributed by atoms with van der Waals surface area (Å²) < 4.78 is 0.846. The van der Waals surface area contributed by atoms with Gasteiger partial charge in [0.2, 0.25) is 0 Å². The average molecular weight is 353 g/mol. The molecule has 0 aliphatic heterocycles. The number of nitrogens with one attached hydrogen (secondary N) is 1. The lowest BCUT2D eigenvalue weighted by atomic mass is 10.1. The van der Waals surface area contributed by atoms with Crippen LogP contribution in [0.5, 0.6) is 0 Å². The van der Waals surface area contributed by atoms with Crippen LogP contribution in [0.15, 0.2) is 34.8 Å². The molecule has 106 valence electrons. The van der Waals surface area contributed by atoms with Crippen LogP contribution in [-0.4, -0.2) is 11.9 Å². The van der Waals surface area contributed by atoms with Crippen LogP contribution in [0.3, 0.4) is 0 Å². The van der Waals surface area contributed by atoms with Crippen LogP contribution < -0.4 is 11.1 Å². The number of rotatable bonds is 4. The fraction of sp³-hybridized carbons (Fsp3) is 0.267. The summed E-state index contributed by atoms with van der Waals surface area (Å²) in [6.45, 7) is 4.08. The molecule has 1 aromatic heterocycles. The Morgan fingerprint density at radius 3 is 2.80 bits per heavy atom. The minimum atomic E-state index is -0.135. The Kier molecular flexibility index (Phi) is 4.83. The zero-order valence-corrected chi connectivity index (χ0v) is 13.8. The highest BCUT2D eigenvalue weighted by molar-refractivity contribution is 9.10. The van der Waals surface area contributed by atoms with Crippen LogP contribution in [0.25, 0.3) is 0 Å². The molecule has 1 aromatic carbocycles. The third kappa shape index (κ3) is 3.84. The number of benzene rings is 1. The lowest BCUT2D eigenvalue weighted by Crippen LogP contribution is -2.34. The van der Waals surface area contributed by atoms with Gasteiger partial charge in [0.1, 0.15) is 0 Å². The molecular weight excluding hydrogens is 336 g/mol. The van der Waals surface area contributed by atoms with Gasteiger partial charge in [-0.05, 0) is 44.2 Å². The maximum atomic E-state index is 12.2. The van der Waals surface area contributed by atoms with Crippen molar-refractivity contribution in [2.75, 3.05) is 5.73 Å². The third-order valence-corrected chi connectivity index (χ3v) is 4.46. The first kappa shape index (κ1) is 15.1. The number of amides is 1. The second-order valence-corrected chi connectivity index (χ2v) is 7.11. The van der Waals surface area contributed by atoms with Gasteiger partial charge in [-0.15, -0.1) is 11.3 Å².